The molecule has 0 aliphatic carbocycles. The van der Waals surface area contributed by atoms with Gasteiger partial charge in [-0.15, -0.1) is 0 Å². The van der Waals surface area contributed by atoms with Crippen molar-refractivity contribution in [3.63, 3.8) is 0 Å². The SMILES string of the molecule is CNC(C)(C)C(=O)Nc1cccc(-n2cccn2)c1. The van der Waals surface area contributed by atoms with E-state index in [1.54, 1.807) is 17.9 Å². The van der Waals surface area contributed by atoms with Crippen LogP contribution in [0.4, 0.5) is 5.69 Å². The van der Waals surface area contributed by atoms with Crippen molar-refractivity contribution in [1.29, 1.82) is 0 Å². The number of carbonyl (C=O) groups excluding carboxylic acids is 1. The molecule has 2 rings (SSSR count). The van der Waals surface area contributed by atoms with Gasteiger partial charge in [0, 0.05) is 18.1 Å². The molecule has 1 aromatic heterocycles. The summed E-state index contributed by atoms with van der Waals surface area (Å²) in [4.78, 5) is 12.1. The third-order valence-corrected chi connectivity index (χ3v) is 3.07. The molecule has 0 saturated heterocycles. The van der Waals surface area contributed by atoms with Crippen LogP contribution < -0.4 is 10.6 Å². The average molecular weight is 258 g/mol. The fourth-order valence-corrected chi connectivity index (χ4v) is 1.55. The minimum Gasteiger partial charge on any atom is -0.324 e. The van der Waals surface area contributed by atoms with E-state index >= 15 is 0 Å². The monoisotopic (exact) mass is 258 g/mol. The van der Waals surface area contributed by atoms with Crippen LogP contribution in [0.25, 0.3) is 5.69 Å². The molecule has 0 fully saturated rings. The summed E-state index contributed by atoms with van der Waals surface area (Å²) in [6, 6.07) is 9.42. The molecular weight excluding hydrogens is 240 g/mol. The quantitative estimate of drug-likeness (QED) is 0.879. The molecule has 2 N–H and O–H groups in total. The third kappa shape index (κ3) is 3.00. The second kappa shape index (κ2) is 5.24. The highest BCUT2D eigenvalue weighted by Gasteiger charge is 2.25. The lowest BCUT2D eigenvalue weighted by Gasteiger charge is -2.22. The number of likely N-dealkylation sites (N-methyl/N-ethyl adjacent to an activating group) is 1. The Balaban J connectivity index is 2.19. The van der Waals surface area contributed by atoms with Crippen molar-refractivity contribution >= 4 is 11.6 Å². The molecule has 0 bridgehead atoms. The number of benzene rings is 1. The maximum absolute atomic E-state index is 12.1. The molecule has 5 heteroatoms. The molecule has 0 unspecified atom stereocenters. The van der Waals surface area contributed by atoms with Gasteiger partial charge in [0.1, 0.15) is 0 Å². The number of nitrogens with one attached hydrogen (secondary N) is 2. The molecule has 0 atom stereocenters. The number of amides is 1. The molecule has 100 valence electrons. The van der Waals surface area contributed by atoms with Crippen LogP contribution in [0.5, 0.6) is 0 Å². The van der Waals surface area contributed by atoms with Crippen LogP contribution in [0.1, 0.15) is 13.8 Å². The van der Waals surface area contributed by atoms with Crippen molar-refractivity contribution in [3.05, 3.63) is 42.7 Å². The van der Waals surface area contributed by atoms with Crippen molar-refractivity contribution in [2.75, 3.05) is 12.4 Å². The molecule has 1 heterocycles. The van der Waals surface area contributed by atoms with Crippen molar-refractivity contribution in [1.82, 2.24) is 15.1 Å². The van der Waals surface area contributed by atoms with Gasteiger partial charge in [-0.3, -0.25) is 4.79 Å². The standard InChI is InChI=1S/C14H18N4O/c1-14(2,15-3)13(19)17-11-6-4-7-12(10-11)18-9-5-8-16-18/h4-10,15H,1-3H3,(H,17,19). The van der Waals surface area contributed by atoms with E-state index in [1.807, 2.05) is 50.4 Å². The summed E-state index contributed by atoms with van der Waals surface area (Å²) in [5, 5.41) is 10.0. The van der Waals surface area contributed by atoms with E-state index in [0.717, 1.165) is 11.4 Å². The van der Waals surface area contributed by atoms with Crippen molar-refractivity contribution in [2.45, 2.75) is 19.4 Å². The third-order valence-electron chi connectivity index (χ3n) is 3.07. The molecule has 0 aliphatic rings. The predicted molar refractivity (Wildman–Crippen MR) is 75.3 cm³/mol. The van der Waals surface area contributed by atoms with Crippen molar-refractivity contribution in [2.24, 2.45) is 0 Å². The fraction of sp³-hybridized carbons (Fsp3) is 0.286. The minimum atomic E-state index is -0.609. The van der Waals surface area contributed by atoms with Gasteiger partial charge in [0.2, 0.25) is 5.91 Å². The zero-order valence-corrected chi connectivity index (χ0v) is 11.3. The Kier molecular flexibility index (Phi) is 3.66. The zero-order valence-electron chi connectivity index (χ0n) is 11.3. The van der Waals surface area contributed by atoms with E-state index < -0.39 is 5.54 Å². The van der Waals surface area contributed by atoms with E-state index in [4.69, 9.17) is 0 Å². The van der Waals surface area contributed by atoms with Gasteiger partial charge in [0.05, 0.1) is 11.2 Å². The Morgan fingerprint density at radius 3 is 2.74 bits per heavy atom. The summed E-state index contributed by atoms with van der Waals surface area (Å²) in [5.41, 5.74) is 1.05. The Hall–Kier alpha value is -2.14. The topological polar surface area (TPSA) is 59.0 Å². The Bertz CT molecular complexity index is 561. The lowest BCUT2D eigenvalue weighted by Crippen LogP contribution is -2.47. The van der Waals surface area contributed by atoms with Gasteiger partial charge in [0.25, 0.3) is 0 Å². The number of hydrogen-bond acceptors (Lipinski definition) is 3. The van der Waals surface area contributed by atoms with Crippen molar-refractivity contribution in [3.8, 4) is 5.69 Å². The maximum Gasteiger partial charge on any atom is 0.244 e. The lowest BCUT2D eigenvalue weighted by atomic mass is 10.1. The lowest BCUT2D eigenvalue weighted by molar-refractivity contribution is -0.121. The van der Waals surface area contributed by atoms with E-state index in [0.29, 0.717) is 0 Å². The molecular formula is C14H18N4O. The Labute approximate surface area is 112 Å². The maximum atomic E-state index is 12.1. The summed E-state index contributed by atoms with van der Waals surface area (Å²) >= 11 is 0. The first kappa shape index (κ1) is 13.3. The first-order valence-corrected chi connectivity index (χ1v) is 6.13. The molecule has 1 amide bonds. The van der Waals surface area contributed by atoms with Crippen molar-refractivity contribution < 1.29 is 4.79 Å². The van der Waals surface area contributed by atoms with Gasteiger partial charge in [-0.05, 0) is 45.2 Å². The van der Waals surface area contributed by atoms with Gasteiger partial charge in [0.15, 0.2) is 0 Å². The summed E-state index contributed by atoms with van der Waals surface area (Å²) < 4.78 is 1.75. The largest absolute Gasteiger partial charge is 0.324 e. The summed E-state index contributed by atoms with van der Waals surface area (Å²) in [6.07, 6.45) is 3.58. The fourth-order valence-electron chi connectivity index (χ4n) is 1.55. The van der Waals surface area contributed by atoms with Crippen LogP contribution in [-0.2, 0) is 4.79 Å². The van der Waals surface area contributed by atoms with Crippen LogP contribution in [0.15, 0.2) is 42.7 Å². The van der Waals surface area contributed by atoms with Crippen LogP contribution >= 0.6 is 0 Å². The second-order valence-electron chi connectivity index (χ2n) is 4.83. The molecule has 5 nitrogen and oxygen atoms in total. The van der Waals surface area contributed by atoms with Gasteiger partial charge < -0.3 is 10.6 Å². The van der Waals surface area contributed by atoms with Gasteiger partial charge >= 0.3 is 0 Å². The van der Waals surface area contributed by atoms with Gasteiger partial charge in [-0.25, -0.2) is 4.68 Å². The molecule has 1 aromatic carbocycles. The summed E-state index contributed by atoms with van der Waals surface area (Å²) in [5.74, 6) is -0.0763. The minimum absolute atomic E-state index is 0.0763. The highest BCUT2D eigenvalue weighted by atomic mass is 16.2. The molecule has 0 aliphatic heterocycles. The molecule has 0 saturated carbocycles. The summed E-state index contributed by atoms with van der Waals surface area (Å²) in [7, 11) is 1.76. The number of carbonyl (C=O) groups is 1. The molecule has 2 aromatic rings. The van der Waals surface area contributed by atoms with Crippen LogP contribution in [0.3, 0.4) is 0 Å². The molecule has 0 spiro atoms. The van der Waals surface area contributed by atoms with Crippen LogP contribution in [0.2, 0.25) is 0 Å². The van der Waals surface area contributed by atoms with Crippen LogP contribution in [-0.4, -0.2) is 28.3 Å². The number of rotatable bonds is 4. The van der Waals surface area contributed by atoms with E-state index in [-0.39, 0.29) is 5.91 Å². The van der Waals surface area contributed by atoms with E-state index in [9.17, 15) is 4.79 Å². The summed E-state index contributed by atoms with van der Waals surface area (Å²) in [6.45, 7) is 3.67. The average Bonchev–Trinajstić information content (AvgIpc) is 2.93. The predicted octanol–water partition coefficient (Wildman–Crippen LogP) is 1.81. The number of anilines is 1. The van der Waals surface area contributed by atoms with Gasteiger partial charge in [-0.1, -0.05) is 6.07 Å². The number of hydrogen-bond donors (Lipinski definition) is 2. The number of nitrogens with zero attached hydrogens (tertiary/aromatic N) is 2. The van der Waals surface area contributed by atoms with Gasteiger partial charge in [-0.2, -0.15) is 5.10 Å². The molecule has 0 radical (unpaired) electrons. The van der Waals surface area contributed by atoms with E-state index in [1.165, 1.54) is 0 Å². The first-order valence-electron chi connectivity index (χ1n) is 6.13. The van der Waals surface area contributed by atoms with Crippen LogP contribution in [0, 0.1) is 0 Å². The second-order valence-corrected chi connectivity index (χ2v) is 4.83. The van der Waals surface area contributed by atoms with E-state index in [2.05, 4.69) is 15.7 Å². The number of aromatic nitrogens is 2. The highest BCUT2D eigenvalue weighted by Crippen LogP contribution is 2.15. The first-order chi connectivity index (χ1) is 9.03. The zero-order chi connectivity index (χ0) is 13.9. The normalized spacial score (nSPS) is 11.3. The highest BCUT2D eigenvalue weighted by molar-refractivity contribution is 5.97. The Morgan fingerprint density at radius 2 is 2.11 bits per heavy atom. The Morgan fingerprint density at radius 1 is 1.32 bits per heavy atom. The smallest absolute Gasteiger partial charge is 0.244 e. The molecule has 19 heavy (non-hydrogen) atoms.